The smallest absolute Gasteiger partial charge is 0.325 e. The average molecular weight is 233 g/mol. The van der Waals surface area contributed by atoms with Crippen LogP contribution in [-0.2, 0) is 4.65 Å². The maximum atomic E-state index is 5.91. The molecular weight excluding hydrogens is 217 g/mol. The van der Waals surface area contributed by atoms with Crippen LogP contribution in [0.5, 0.6) is 0 Å². The summed E-state index contributed by atoms with van der Waals surface area (Å²) in [5, 5.41) is 2.07. The maximum Gasteiger partial charge on any atom is 0.325 e. The van der Waals surface area contributed by atoms with Gasteiger partial charge in [-0.1, -0.05) is 6.82 Å². The minimum Gasteiger partial charge on any atom is -0.427 e. The SMILES string of the molecule is CB(OC(C)(C)C)c1cnc2ccsc2c1. The fraction of sp³-hybridized carbons (Fsp3) is 0.417. The van der Waals surface area contributed by atoms with Gasteiger partial charge in [-0.25, -0.2) is 0 Å². The monoisotopic (exact) mass is 233 g/mol. The van der Waals surface area contributed by atoms with Crippen molar-refractivity contribution < 1.29 is 4.65 Å². The largest absolute Gasteiger partial charge is 0.427 e. The van der Waals surface area contributed by atoms with Gasteiger partial charge in [0.15, 0.2) is 0 Å². The van der Waals surface area contributed by atoms with Crippen molar-refractivity contribution in [2.24, 2.45) is 0 Å². The molecule has 0 aromatic carbocycles. The van der Waals surface area contributed by atoms with Crippen LogP contribution in [0, 0.1) is 0 Å². The van der Waals surface area contributed by atoms with E-state index in [2.05, 4.69) is 44.0 Å². The van der Waals surface area contributed by atoms with E-state index in [0.29, 0.717) is 0 Å². The predicted molar refractivity (Wildman–Crippen MR) is 71.7 cm³/mol. The Hall–Kier alpha value is -0.865. The van der Waals surface area contributed by atoms with Gasteiger partial charge in [-0.3, -0.25) is 4.98 Å². The summed E-state index contributed by atoms with van der Waals surface area (Å²) in [5.41, 5.74) is 2.09. The van der Waals surface area contributed by atoms with Gasteiger partial charge < -0.3 is 4.65 Å². The first-order chi connectivity index (χ1) is 7.46. The van der Waals surface area contributed by atoms with Gasteiger partial charge in [0.25, 0.3) is 0 Å². The van der Waals surface area contributed by atoms with Crippen LogP contribution in [0.25, 0.3) is 10.2 Å². The molecule has 2 nitrogen and oxygen atoms in total. The minimum absolute atomic E-state index is 0.0824. The Morgan fingerprint density at radius 1 is 1.38 bits per heavy atom. The fourth-order valence-corrected chi connectivity index (χ4v) is 2.47. The molecule has 2 rings (SSSR count). The second kappa shape index (κ2) is 4.19. The van der Waals surface area contributed by atoms with Crippen LogP contribution >= 0.6 is 11.3 Å². The molecule has 0 N–H and O–H groups in total. The molecule has 0 atom stereocenters. The highest BCUT2D eigenvalue weighted by molar-refractivity contribution is 7.17. The Kier molecular flexibility index (Phi) is 3.04. The number of thiophene rings is 1. The number of hydrogen-bond acceptors (Lipinski definition) is 3. The van der Waals surface area contributed by atoms with E-state index in [1.807, 2.05) is 12.3 Å². The van der Waals surface area contributed by atoms with Gasteiger partial charge in [-0.2, -0.15) is 0 Å². The summed E-state index contributed by atoms with van der Waals surface area (Å²) in [5.74, 6) is 0. The molecule has 4 heteroatoms. The van der Waals surface area contributed by atoms with Crippen molar-refractivity contribution in [3.05, 3.63) is 23.7 Å². The first-order valence-corrected chi connectivity index (χ1v) is 6.35. The molecule has 0 fully saturated rings. The summed E-state index contributed by atoms with van der Waals surface area (Å²) in [6.45, 7) is 8.36. The molecular formula is C12H16BNOS. The molecule has 0 saturated heterocycles. The lowest BCUT2D eigenvalue weighted by atomic mass is 9.63. The zero-order chi connectivity index (χ0) is 11.8. The van der Waals surface area contributed by atoms with E-state index >= 15 is 0 Å². The van der Waals surface area contributed by atoms with Crippen molar-refractivity contribution in [3.8, 4) is 0 Å². The number of hydrogen-bond donors (Lipinski definition) is 0. The van der Waals surface area contributed by atoms with E-state index in [1.54, 1.807) is 11.3 Å². The Morgan fingerprint density at radius 3 is 2.81 bits per heavy atom. The van der Waals surface area contributed by atoms with Crippen molar-refractivity contribution in [2.45, 2.75) is 33.2 Å². The number of pyridine rings is 1. The van der Waals surface area contributed by atoms with E-state index in [1.165, 1.54) is 4.70 Å². The van der Waals surface area contributed by atoms with Gasteiger partial charge in [0.1, 0.15) is 0 Å². The molecule has 0 aliphatic rings. The molecule has 0 amide bonds. The van der Waals surface area contributed by atoms with E-state index in [4.69, 9.17) is 4.65 Å². The highest BCUT2D eigenvalue weighted by Crippen LogP contribution is 2.17. The molecule has 16 heavy (non-hydrogen) atoms. The zero-order valence-corrected chi connectivity index (χ0v) is 11.0. The molecule has 0 bridgehead atoms. The summed E-state index contributed by atoms with van der Waals surface area (Å²) >= 11 is 1.72. The third-order valence-electron chi connectivity index (χ3n) is 2.32. The Labute approximate surface area is 101 Å². The predicted octanol–water partition coefficient (Wildman–Crippen LogP) is 2.94. The van der Waals surface area contributed by atoms with Crippen LogP contribution < -0.4 is 5.46 Å². The minimum atomic E-state index is -0.121. The Bertz CT molecular complexity index is 489. The third-order valence-corrected chi connectivity index (χ3v) is 3.18. The summed E-state index contributed by atoms with van der Waals surface area (Å²) < 4.78 is 7.14. The van der Waals surface area contributed by atoms with Crippen molar-refractivity contribution >= 4 is 33.9 Å². The van der Waals surface area contributed by atoms with E-state index < -0.39 is 0 Å². The molecule has 0 radical (unpaired) electrons. The van der Waals surface area contributed by atoms with Gasteiger partial charge >= 0.3 is 6.92 Å². The first kappa shape index (κ1) is 11.6. The highest BCUT2D eigenvalue weighted by atomic mass is 32.1. The molecule has 0 saturated carbocycles. The summed E-state index contributed by atoms with van der Waals surface area (Å²) in [6, 6.07) is 4.21. The van der Waals surface area contributed by atoms with Crippen molar-refractivity contribution in [2.75, 3.05) is 0 Å². The second-order valence-corrected chi connectivity index (χ2v) is 5.89. The lowest BCUT2D eigenvalue weighted by Gasteiger charge is -2.23. The normalized spacial score (nSPS) is 12.0. The average Bonchev–Trinajstić information content (AvgIpc) is 2.61. The molecule has 0 aliphatic carbocycles. The molecule has 0 unspecified atom stereocenters. The summed E-state index contributed by atoms with van der Waals surface area (Å²) in [6.07, 6.45) is 1.91. The van der Waals surface area contributed by atoms with E-state index in [-0.39, 0.29) is 12.5 Å². The summed E-state index contributed by atoms with van der Waals surface area (Å²) in [7, 11) is 0. The van der Waals surface area contributed by atoms with Gasteiger partial charge in [-0.05, 0) is 43.7 Å². The quantitative estimate of drug-likeness (QED) is 0.744. The van der Waals surface area contributed by atoms with Crippen molar-refractivity contribution in [1.82, 2.24) is 4.98 Å². The first-order valence-electron chi connectivity index (χ1n) is 5.47. The van der Waals surface area contributed by atoms with Crippen LogP contribution in [0.2, 0.25) is 6.82 Å². The van der Waals surface area contributed by atoms with Crippen LogP contribution in [0.1, 0.15) is 20.8 Å². The second-order valence-electron chi connectivity index (χ2n) is 4.95. The van der Waals surface area contributed by atoms with Gasteiger partial charge in [0.2, 0.25) is 0 Å². The van der Waals surface area contributed by atoms with E-state index in [9.17, 15) is 0 Å². The van der Waals surface area contributed by atoms with Crippen LogP contribution in [0.15, 0.2) is 23.7 Å². The number of fused-ring (bicyclic) bond motifs is 1. The fourth-order valence-electron chi connectivity index (χ4n) is 1.68. The molecule has 2 heterocycles. The molecule has 0 aliphatic heterocycles. The van der Waals surface area contributed by atoms with Crippen molar-refractivity contribution in [1.29, 1.82) is 0 Å². The van der Waals surface area contributed by atoms with Crippen LogP contribution in [-0.4, -0.2) is 17.5 Å². The molecule has 84 valence electrons. The van der Waals surface area contributed by atoms with Gasteiger partial charge in [0.05, 0.1) is 10.2 Å². The van der Waals surface area contributed by atoms with E-state index in [0.717, 1.165) is 11.0 Å². The topological polar surface area (TPSA) is 22.1 Å². The number of aromatic nitrogens is 1. The number of rotatable bonds is 2. The molecule has 0 spiro atoms. The molecule has 2 aromatic rings. The number of nitrogens with zero attached hydrogens (tertiary/aromatic N) is 1. The Balaban J connectivity index is 2.25. The standard InChI is InChI=1S/C12H16BNOS/c1-12(2,3)15-13(4)9-7-11-10(14-8-9)5-6-16-11/h5-8H,1-4H3. The summed E-state index contributed by atoms with van der Waals surface area (Å²) in [4.78, 5) is 4.42. The van der Waals surface area contributed by atoms with Gasteiger partial charge in [-0.15, -0.1) is 11.3 Å². The van der Waals surface area contributed by atoms with Crippen LogP contribution in [0.4, 0.5) is 0 Å². The maximum absolute atomic E-state index is 5.91. The van der Waals surface area contributed by atoms with Gasteiger partial charge in [0, 0.05) is 11.8 Å². The van der Waals surface area contributed by atoms with Crippen molar-refractivity contribution in [3.63, 3.8) is 0 Å². The Morgan fingerprint density at radius 2 is 2.12 bits per heavy atom. The molecule has 2 aromatic heterocycles. The lowest BCUT2D eigenvalue weighted by molar-refractivity contribution is 0.134. The highest BCUT2D eigenvalue weighted by Gasteiger charge is 2.20. The zero-order valence-electron chi connectivity index (χ0n) is 10.2. The lowest BCUT2D eigenvalue weighted by Crippen LogP contribution is -2.37. The third kappa shape index (κ3) is 2.63. The van der Waals surface area contributed by atoms with Crippen LogP contribution in [0.3, 0.4) is 0 Å².